The van der Waals surface area contributed by atoms with Crippen molar-refractivity contribution in [3.63, 3.8) is 0 Å². The van der Waals surface area contributed by atoms with E-state index in [1.165, 1.54) is 5.06 Å². The summed E-state index contributed by atoms with van der Waals surface area (Å²) in [5, 5.41) is 1.20. The van der Waals surface area contributed by atoms with Gasteiger partial charge in [-0.1, -0.05) is 0 Å². The molecule has 0 saturated carbocycles. The third kappa shape index (κ3) is 2.10. The first-order valence-corrected chi connectivity index (χ1v) is 5.03. The maximum Gasteiger partial charge on any atom is 0.261 e. The minimum atomic E-state index is -0.827. The number of primary amides is 1. The summed E-state index contributed by atoms with van der Waals surface area (Å²) in [4.78, 5) is 27.5. The Kier molecular flexibility index (Phi) is 2.88. The molecule has 2 heterocycles. The quantitative estimate of drug-likeness (QED) is 0.613. The molecule has 84 valence electrons. The molecule has 2 fully saturated rings. The minimum absolute atomic E-state index is 0.0283. The number of hydrogen-bond donors (Lipinski definition) is 1. The molecule has 0 bridgehead atoms. The maximum absolute atomic E-state index is 11.6. The lowest BCUT2D eigenvalue weighted by molar-refractivity contribution is -0.168. The zero-order valence-electron chi connectivity index (χ0n) is 8.35. The summed E-state index contributed by atoms with van der Waals surface area (Å²) in [6.45, 7) is 1.18. The number of amides is 2. The number of carbonyl (C=O) groups is 2. The van der Waals surface area contributed by atoms with Crippen LogP contribution in [0.4, 0.5) is 0 Å². The Morgan fingerprint density at radius 1 is 1.60 bits per heavy atom. The fourth-order valence-electron chi connectivity index (χ4n) is 1.79. The van der Waals surface area contributed by atoms with Crippen molar-refractivity contribution in [2.75, 3.05) is 19.8 Å². The molecule has 2 amide bonds. The van der Waals surface area contributed by atoms with Gasteiger partial charge in [0, 0.05) is 6.61 Å². The van der Waals surface area contributed by atoms with Crippen molar-refractivity contribution >= 4 is 11.8 Å². The first kappa shape index (κ1) is 10.4. The summed E-state index contributed by atoms with van der Waals surface area (Å²) in [5.74, 6) is -1.81. The van der Waals surface area contributed by atoms with E-state index < -0.39 is 11.8 Å². The standard InChI is InChI=1S/C9H14N2O4/c10-8(12)7-5-15-11(9(7)13)4-6-2-1-3-14-6/h6-7H,1-5H2,(H2,10,12)/t6-,7?/m1/s1. The van der Waals surface area contributed by atoms with E-state index in [1.54, 1.807) is 0 Å². The molecule has 2 saturated heterocycles. The van der Waals surface area contributed by atoms with Crippen LogP contribution in [0.3, 0.4) is 0 Å². The molecule has 6 heteroatoms. The fourth-order valence-corrected chi connectivity index (χ4v) is 1.79. The van der Waals surface area contributed by atoms with Crippen LogP contribution in [0.5, 0.6) is 0 Å². The topological polar surface area (TPSA) is 81.9 Å². The van der Waals surface area contributed by atoms with Crippen molar-refractivity contribution in [2.24, 2.45) is 11.7 Å². The summed E-state index contributed by atoms with van der Waals surface area (Å²) >= 11 is 0. The van der Waals surface area contributed by atoms with Gasteiger partial charge < -0.3 is 10.5 Å². The van der Waals surface area contributed by atoms with Crippen molar-refractivity contribution in [1.29, 1.82) is 0 Å². The lowest BCUT2D eigenvalue weighted by atomic mass is 10.1. The summed E-state index contributed by atoms with van der Waals surface area (Å²) in [6.07, 6.45) is 1.96. The van der Waals surface area contributed by atoms with Crippen molar-refractivity contribution in [1.82, 2.24) is 5.06 Å². The molecule has 0 aromatic heterocycles. The third-order valence-corrected chi connectivity index (χ3v) is 2.68. The molecular weight excluding hydrogens is 200 g/mol. The van der Waals surface area contributed by atoms with Crippen LogP contribution in [0.25, 0.3) is 0 Å². The highest BCUT2D eigenvalue weighted by molar-refractivity contribution is 6.00. The van der Waals surface area contributed by atoms with Crippen LogP contribution in [0, 0.1) is 5.92 Å². The number of rotatable bonds is 3. The van der Waals surface area contributed by atoms with Crippen LogP contribution in [0.15, 0.2) is 0 Å². The number of ether oxygens (including phenoxy) is 1. The summed E-state index contributed by atoms with van der Waals surface area (Å²) in [6, 6.07) is 0. The van der Waals surface area contributed by atoms with E-state index >= 15 is 0 Å². The van der Waals surface area contributed by atoms with Crippen LogP contribution in [-0.2, 0) is 19.2 Å². The highest BCUT2D eigenvalue weighted by Gasteiger charge is 2.38. The molecule has 2 aliphatic rings. The zero-order chi connectivity index (χ0) is 10.8. The maximum atomic E-state index is 11.6. The molecule has 15 heavy (non-hydrogen) atoms. The molecule has 2 N–H and O–H groups in total. The van der Waals surface area contributed by atoms with Gasteiger partial charge in [0.25, 0.3) is 5.91 Å². The molecule has 0 aliphatic carbocycles. The molecule has 0 aromatic carbocycles. The monoisotopic (exact) mass is 214 g/mol. The van der Waals surface area contributed by atoms with E-state index in [9.17, 15) is 9.59 Å². The normalized spacial score (nSPS) is 31.2. The fraction of sp³-hybridized carbons (Fsp3) is 0.778. The van der Waals surface area contributed by atoms with Gasteiger partial charge >= 0.3 is 0 Å². The van der Waals surface area contributed by atoms with Gasteiger partial charge in [-0.15, -0.1) is 0 Å². The van der Waals surface area contributed by atoms with E-state index in [0.717, 1.165) is 19.4 Å². The molecule has 2 atom stereocenters. The highest BCUT2D eigenvalue weighted by Crippen LogP contribution is 2.19. The first-order chi connectivity index (χ1) is 7.18. The van der Waals surface area contributed by atoms with E-state index in [1.807, 2.05) is 0 Å². The van der Waals surface area contributed by atoms with E-state index in [0.29, 0.717) is 6.54 Å². The van der Waals surface area contributed by atoms with Gasteiger partial charge in [0.15, 0.2) is 0 Å². The lowest BCUT2D eigenvalue weighted by Gasteiger charge is -2.18. The predicted octanol–water partition coefficient (Wildman–Crippen LogP) is -0.959. The van der Waals surface area contributed by atoms with Crippen LogP contribution < -0.4 is 5.73 Å². The van der Waals surface area contributed by atoms with Crippen LogP contribution in [-0.4, -0.2) is 42.7 Å². The summed E-state index contributed by atoms with van der Waals surface area (Å²) < 4.78 is 5.37. The SMILES string of the molecule is NC(=O)C1CON(C[C@H]2CCCO2)C1=O. The second-order valence-electron chi connectivity index (χ2n) is 3.79. The van der Waals surface area contributed by atoms with Gasteiger partial charge in [-0.2, -0.15) is 0 Å². The van der Waals surface area contributed by atoms with Crippen molar-refractivity contribution in [3.8, 4) is 0 Å². The summed E-state index contributed by atoms with van der Waals surface area (Å²) in [5.41, 5.74) is 5.06. The van der Waals surface area contributed by atoms with Gasteiger partial charge in [-0.3, -0.25) is 14.4 Å². The largest absolute Gasteiger partial charge is 0.376 e. The number of carbonyl (C=O) groups excluding carboxylic acids is 2. The van der Waals surface area contributed by atoms with Crippen LogP contribution in [0.1, 0.15) is 12.8 Å². The number of hydroxylamine groups is 2. The molecule has 0 spiro atoms. The molecular formula is C9H14N2O4. The third-order valence-electron chi connectivity index (χ3n) is 2.68. The number of nitrogens with two attached hydrogens (primary N) is 1. The second-order valence-corrected chi connectivity index (χ2v) is 3.79. The van der Waals surface area contributed by atoms with Crippen molar-refractivity contribution in [3.05, 3.63) is 0 Å². The molecule has 6 nitrogen and oxygen atoms in total. The Bertz CT molecular complexity index is 275. The van der Waals surface area contributed by atoms with Gasteiger partial charge in [0.2, 0.25) is 5.91 Å². The van der Waals surface area contributed by atoms with E-state index in [2.05, 4.69) is 0 Å². The van der Waals surface area contributed by atoms with Gasteiger partial charge in [-0.25, -0.2) is 5.06 Å². The van der Waals surface area contributed by atoms with Gasteiger partial charge in [0.05, 0.1) is 19.3 Å². The average Bonchev–Trinajstić information content (AvgIpc) is 2.78. The van der Waals surface area contributed by atoms with E-state index in [4.69, 9.17) is 15.3 Å². The Labute approximate surface area is 87.3 Å². The van der Waals surface area contributed by atoms with Gasteiger partial charge in [-0.05, 0) is 12.8 Å². The molecule has 0 radical (unpaired) electrons. The lowest BCUT2D eigenvalue weighted by Crippen LogP contribution is -2.37. The Hall–Kier alpha value is -1.14. The molecule has 2 aliphatic heterocycles. The number of nitrogens with zero attached hydrogens (tertiary/aromatic N) is 1. The zero-order valence-corrected chi connectivity index (χ0v) is 8.35. The Balaban J connectivity index is 1.89. The molecule has 1 unspecified atom stereocenters. The van der Waals surface area contributed by atoms with Crippen LogP contribution in [0.2, 0.25) is 0 Å². The van der Waals surface area contributed by atoms with Crippen molar-refractivity contribution < 1.29 is 19.2 Å². The molecule has 2 rings (SSSR count). The van der Waals surface area contributed by atoms with Crippen LogP contribution >= 0.6 is 0 Å². The van der Waals surface area contributed by atoms with Gasteiger partial charge in [0.1, 0.15) is 5.92 Å². The smallest absolute Gasteiger partial charge is 0.261 e. The second kappa shape index (κ2) is 4.16. The Morgan fingerprint density at radius 2 is 2.40 bits per heavy atom. The number of hydrogen-bond acceptors (Lipinski definition) is 4. The highest BCUT2D eigenvalue weighted by atomic mass is 16.7. The first-order valence-electron chi connectivity index (χ1n) is 5.03. The minimum Gasteiger partial charge on any atom is -0.376 e. The predicted molar refractivity (Wildman–Crippen MR) is 49.3 cm³/mol. The Morgan fingerprint density at radius 3 is 2.93 bits per heavy atom. The van der Waals surface area contributed by atoms with Crippen molar-refractivity contribution in [2.45, 2.75) is 18.9 Å². The summed E-state index contributed by atoms with van der Waals surface area (Å²) in [7, 11) is 0. The average molecular weight is 214 g/mol. The van der Waals surface area contributed by atoms with E-state index in [-0.39, 0.29) is 18.6 Å². The molecule has 0 aromatic rings.